The Balaban J connectivity index is 2.27. The molecule has 1 N–H and O–H groups in total. The summed E-state index contributed by atoms with van der Waals surface area (Å²) in [7, 11) is -3.64. The highest BCUT2D eigenvalue weighted by Gasteiger charge is 2.23. The van der Waals surface area contributed by atoms with Gasteiger partial charge in [0, 0.05) is 42.0 Å². The summed E-state index contributed by atoms with van der Waals surface area (Å²) in [5.74, 6) is -0.371. The monoisotopic (exact) mass is 481 g/mol. The minimum absolute atomic E-state index is 0.103. The zero-order valence-corrected chi connectivity index (χ0v) is 19.7. The van der Waals surface area contributed by atoms with Crippen LogP contribution in [0.2, 0.25) is 0 Å². The molecule has 0 spiro atoms. The maximum Gasteiger partial charge on any atom is 0.256 e. The number of hydrogen-bond acceptors (Lipinski definition) is 4. The third kappa shape index (κ3) is 5.38. The lowest BCUT2D eigenvalue weighted by Gasteiger charge is -2.21. The number of benzene rings is 2. The summed E-state index contributed by atoms with van der Waals surface area (Å²) in [5.41, 5.74) is 2.00. The van der Waals surface area contributed by atoms with E-state index in [4.69, 9.17) is 0 Å². The van der Waals surface area contributed by atoms with E-state index in [1.807, 2.05) is 24.3 Å². The summed E-state index contributed by atoms with van der Waals surface area (Å²) >= 11 is 3.36. The lowest BCUT2D eigenvalue weighted by atomic mass is 10.2. The van der Waals surface area contributed by atoms with E-state index >= 15 is 0 Å². The van der Waals surface area contributed by atoms with E-state index in [0.29, 0.717) is 23.2 Å². The molecule has 0 aromatic heterocycles. The quantitative estimate of drug-likeness (QED) is 0.568. The molecular weight excluding hydrogens is 454 g/mol. The Hall–Kier alpha value is -1.90. The fourth-order valence-corrected chi connectivity index (χ4v) is 5.01. The van der Waals surface area contributed by atoms with Crippen LogP contribution in [0, 0.1) is 0 Å². The molecule has 2 rings (SSSR count). The van der Waals surface area contributed by atoms with Crippen molar-refractivity contribution in [1.29, 1.82) is 0 Å². The zero-order chi connectivity index (χ0) is 21.6. The Morgan fingerprint density at radius 1 is 0.931 bits per heavy atom. The van der Waals surface area contributed by atoms with Crippen LogP contribution >= 0.6 is 15.9 Å². The number of carbonyl (C=O) groups is 1. The summed E-state index contributed by atoms with van der Waals surface area (Å²) in [5, 5.41) is 2.84. The first-order valence-electron chi connectivity index (χ1n) is 9.74. The molecule has 6 nitrogen and oxygen atoms in total. The first-order valence-corrected chi connectivity index (χ1v) is 12.0. The van der Waals surface area contributed by atoms with Gasteiger partial charge in [0.25, 0.3) is 5.91 Å². The van der Waals surface area contributed by atoms with Crippen LogP contribution in [-0.2, 0) is 10.0 Å². The highest BCUT2D eigenvalue weighted by atomic mass is 79.9. The molecule has 1 amide bonds. The van der Waals surface area contributed by atoms with Crippen molar-refractivity contribution in [3.63, 3.8) is 0 Å². The average molecular weight is 482 g/mol. The van der Waals surface area contributed by atoms with Crippen LogP contribution in [0.1, 0.15) is 38.1 Å². The number of rotatable bonds is 9. The van der Waals surface area contributed by atoms with E-state index in [2.05, 4.69) is 40.0 Å². The molecule has 8 heteroatoms. The van der Waals surface area contributed by atoms with E-state index in [1.54, 1.807) is 19.9 Å². The lowest BCUT2D eigenvalue weighted by Crippen LogP contribution is -2.30. The fourth-order valence-electron chi connectivity index (χ4n) is 3.09. The van der Waals surface area contributed by atoms with Crippen LogP contribution in [0.25, 0.3) is 0 Å². The van der Waals surface area contributed by atoms with Gasteiger partial charge in [-0.25, -0.2) is 8.42 Å². The van der Waals surface area contributed by atoms with Gasteiger partial charge < -0.3 is 10.2 Å². The topological polar surface area (TPSA) is 69.7 Å². The molecular formula is C21H28BrN3O3S. The summed E-state index contributed by atoms with van der Waals surface area (Å²) in [6, 6.07) is 12.1. The normalized spacial score (nSPS) is 11.5. The van der Waals surface area contributed by atoms with Gasteiger partial charge >= 0.3 is 0 Å². The molecule has 0 heterocycles. The molecule has 0 radical (unpaired) electrons. The third-order valence-electron chi connectivity index (χ3n) is 4.78. The second kappa shape index (κ2) is 10.2. The molecule has 158 valence electrons. The van der Waals surface area contributed by atoms with Gasteiger partial charge in [-0.05, 0) is 72.2 Å². The van der Waals surface area contributed by atoms with Gasteiger partial charge in [0.1, 0.15) is 0 Å². The van der Waals surface area contributed by atoms with Gasteiger partial charge in [0.15, 0.2) is 0 Å². The largest absolute Gasteiger partial charge is 0.372 e. The van der Waals surface area contributed by atoms with Crippen LogP contribution in [0.5, 0.6) is 0 Å². The number of nitrogens with zero attached hydrogens (tertiary/aromatic N) is 2. The van der Waals surface area contributed by atoms with Crippen LogP contribution in [0.15, 0.2) is 51.8 Å². The molecule has 0 saturated carbocycles. The van der Waals surface area contributed by atoms with Crippen LogP contribution in [-0.4, -0.2) is 44.8 Å². The van der Waals surface area contributed by atoms with E-state index in [0.717, 1.165) is 18.8 Å². The molecule has 0 aliphatic heterocycles. The van der Waals surface area contributed by atoms with Crippen molar-refractivity contribution < 1.29 is 13.2 Å². The molecule has 0 bridgehead atoms. The summed E-state index contributed by atoms with van der Waals surface area (Å²) in [6.07, 6.45) is 0. The van der Waals surface area contributed by atoms with Crippen molar-refractivity contribution >= 4 is 43.2 Å². The van der Waals surface area contributed by atoms with Crippen molar-refractivity contribution in [2.75, 3.05) is 36.4 Å². The van der Waals surface area contributed by atoms with Crippen molar-refractivity contribution in [2.24, 2.45) is 0 Å². The Morgan fingerprint density at radius 3 is 2.03 bits per heavy atom. The summed E-state index contributed by atoms with van der Waals surface area (Å²) < 4.78 is 27.4. The van der Waals surface area contributed by atoms with Crippen molar-refractivity contribution in [3.8, 4) is 0 Å². The molecule has 0 aliphatic rings. The average Bonchev–Trinajstić information content (AvgIpc) is 2.71. The predicted molar refractivity (Wildman–Crippen MR) is 122 cm³/mol. The number of anilines is 2. The number of amides is 1. The minimum atomic E-state index is -3.64. The van der Waals surface area contributed by atoms with Crippen molar-refractivity contribution in [3.05, 3.63) is 52.5 Å². The van der Waals surface area contributed by atoms with Gasteiger partial charge in [-0.1, -0.05) is 13.8 Å². The highest BCUT2D eigenvalue weighted by Crippen LogP contribution is 2.25. The third-order valence-corrected chi connectivity index (χ3v) is 7.52. The predicted octanol–water partition coefficient (Wildman–Crippen LogP) is 4.58. The van der Waals surface area contributed by atoms with Gasteiger partial charge in [-0.15, -0.1) is 0 Å². The number of hydrogen-bond donors (Lipinski definition) is 1. The molecule has 0 fully saturated rings. The molecule has 0 atom stereocenters. The molecule has 2 aromatic carbocycles. The Morgan fingerprint density at radius 2 is 1.52 bits per heavy atom. The molecule has 0 saturated heterocycles. The number of carbonyl (C=O) groups excluding carboxylic acids is 1. The smallest absolute Gasteiger partial charge is 0.256 e. The van der Waals surface area contributed by atoms with Gasteiger partial charge in [-0.2, -0.15) is 4.31 Å². The Kier molecular flexibility index (Phi) is 8.24. The van der Waals surface area contributed by atoms with Crippen LogP contribution in [0.3, 0.4) is 0 Å². The maximum absolute atomic E-state index is 12.8. The van der Waals surface area contributed by atoms with Gasteiger partial charge in [-0.3, -0.25) is 4.79 Å². The molecule has 0 aliphatic carbocycles. The summed E-state index contributed by atoms with van der Waals surface area (Å²) in [6.45, 7) is 10.3. The molecule has 0 unspecified atom stereocenters. The second-order valence-electron chi connectivity index (χ2n) is 6.40. The molecule has 29 heavy (non-hydrogen) atoms. The van der Waals surface area contributed by atoms with E-state index in [1.165, 1.54) is 16.4 Å². The van der Waals surface area contributed by atoms with E-state index < -0.39 is 10.0 Å². The standard InChI is InChI=1S/C21H28BrN3O3S/c1-5-24(6-2)17-11-9-16(10-12-17)23-21(26)19-15-18(13-14-20(19)22)29(27,28)25(7-3)8-4/h9-15H,5-8H2,1-4H3,(H,23,26). The van der Waals surface area contributed by atoms with Crippen LogP contribution < -0.4 is 10.2 Å². The van der Waals surface area contributed by atoms with Gasteiger partial charge in [0.05, 0.1) is 10.5 Å². The van der Waals surface area contributed by atoms with E-state index in [-0.39, 0.29) is 16.4 Å². The number of halogens is 1. The molecule has 2 aromatic rings. The van der Waals surface area contributed by atoms with Gasteiger partial charge in [0.2, 0.25) is 10.0 Å². The minimum Gasteiger partial charge on any atom is -0.372 e. The number of sulfonamides is 1. The highest BCUT2D eigenvalue weighted by molar-refractivity contribution is 9.10. The SMILES string of the molecule is CCN(CC)c1ccc(NC(=O)c2cc(S(=O)(=O)N(CC)CC)ccc2Br)cc1. The second-order valence-corrected chi connectivity index (χ2v) is 9.20. The fraction of sp³-hybridized carbons (Fsp3) is 0.381. The summed E-state index contributed by atoms with van der Waals surface area (Å²) in [4.78, 5) is 15.1. The van der Waals surface area contributed by atoms with Crippen molar-refractivity contribution in [1.82, 2.24) is 4.31 Å². The Bertz CT molecular complexity index is 938. The Labute approximate surface area is 182 Å². The number of nitrogens with one attached hydrogen (secondary N) is 1. The van der Waals surface area contributed by atoms with Crippen molar-refractivity contribution in [2.45, 2.75) is 32.6 Å². The maximum atomic E-state index is 12.8. The lowest BCUT2D eigenvalue weighted by molar-refractivity contribution is 0.102. The van der Waals surface area contributed by atoms with E-state index in [9.17, 15) is 13.2 Å². The first-order chi connectivity index (χ1) is 13.8. The first kappa shape index (κ1) is 23.4. The zero-order valence-electron chi connectivity index (χ0n) is 17.3. The van der Waals surface area contributed by atoms with Crippen LogP contribution in [0.4, 0.5) is 11.4 Å².